The number of hydrogen-bond donors (Lipinski definition) is 1. The summed E-state index contributed by atoms with van der Waals surface area (Å²) in [6.07, 6.45) is 12.2. The van der Waals surface area contributed by atoms with Gasteiger partial charge in [-0.25, -0.2) is 0 Å². The number of carbonyl (C=O) groups is 1. The molecule has 10 heteroatoms. The molecule has 1 aromatic rings. The van der Waals surface area contributed by atoms with E-state index in [-0.39, 0.29) is 31.0 Å². The lowest BCUT2D eigenvalue weighted by atomic mass is 9.71. The summed E-state index contributed by atoms with van der Waals surface area (Å²) in [5.74, 6) is -0.162. The van der Waals surface area contributed by atoms with E-state index in [2.05, 4.69) is 37.0 Å². The first-order chi connectivity index (χ1) is 19.7. The molecule has 230 valence electrons. The lowest BCUT2D eigenvalue weighted by Gasteiger charge is -2.38. The van der Waals surface area contributed by atoms with Crippen LogP contribution >= 0.6 is 31.9 Å². The molecular formula is C31H45Br2N2O6-. The minimum atomic E-state index is -0.925. The van der Waals surface area contributed by atoms with E-state index in [1.807, 2.05) is 31.2 Å². The monoisotopic (exact) mass is 699 g/mol. The number of hydroxylamine groups is 1. The van der Waals surface area contributed by atoms with E-state index in [0.29, 0.717) is 37.1 Å². The summed E-state index contributed by atoms with van der Waals surface area (Å²) in [5, 5.41) is 28.2. The molecule has 0 fully saturated rings. The molecule has 0 saturated heterocycles. The largest absolute Gasteiger partial charge is 0.758 e. The van der Waals surface area contributed by atoms with Crippen molar-refractivity contribution in [3.05, 3.63) is 63.9 Å². The first-order valence-electron chi connectivity index (χ1n) is 14.5. The number of nitroso groups, excluding NO2 is 1. The highest BCUT2D eigenvalue weighted by Crippen LogP contribution is 2.38. The van der Waals surface area contributed by atoms with E-state index in [1.165, 1.54) is 7.05 Å². The molecule has 1 N–H and O–H groups in total. The van der Waals surface area contributed by atoms with Gasteiger partial charge in [0.2, 0.25) is 0 Å². The van der Waals surface area contributed by atoms with Crippen LogP contribution in [0.25, 0.3) is 0 Å². The first-order valence-corrected chi connectivity index (χ1v) is 16.8. The van der Waals surface area contributed by atoms with Gasteiger partial charge in [-0.15, -0.1) is 4.91 Å². The summed E-state index contributed by atoms with van der Waals surface area (Å²) in [7, 11) is 1.45. The van der Waals surface area contributed by atoms with Crippen molar-refractivity contribution >= 4 is 43.5 Å². The number of anilines is 1. The maximum Gasteiger partial charge on any atom is 0.305 e. The standard InChI is InChI=1S/C31H45Br2N2O6/c1-24-19-27(34-38)14-13-26(24)21-31(22-40-29(36)9-5-3-7-17-32,23-41-30(37)10-6-4-8-18-33)20-25-11-15-28(16-12-25)35(2)39/h11-16,19,24,26,29,36H,3-10,17-18,20-23H2,1-2H3/q-1. The fourth-order valence-electron chi connectivity index (χ4n) is 5.04. The Labute approximate surface area is 261 Å². The number of carbonyl (C=O) groups excluding carboxylic acids is 1. The third kappa shape index (κ3) is 13.5. The van der Waals surface area contributed by atoms with Crippen molar-refractivity contribution in [2.45, 2.75) is 77.4 Å². The molecule has 0 radical (unpaired) electrons. The smallest absolute Gasteiger partial charge is 0.305 e. The van der Waals surface area contributed by atoms with Crippen LogP contribution in [0, 0.1) is 27.4 Å². The number of rotatable bonds is 21. The minimum Gasteiger partial charge on any atom is -0.758 e. The zero-order valence-corrected chi connectivity index (χ0v) is 27.5. The van der Waals surface area contributed by atoms with Crippen LogP contribution < -0.4 is 5.06 Å². The molecular weight excluding hydrogens is 656 g/mol. The summed E-state index contributed by atoms with van der Waals surface area (Å²) >= 11 is 6.86. The average Bonchev–Trinajstić information content (AvgIpc) is 2.96. The molecule has 0 bridgehead atoms. The van der Waals surface area contributed by atoms with E-state index in [1.54, 1.807) is 18.2 Å². The van der Waals surface area contributed by atoms with Crippen LogP contribution in [-0.4, -0.2) is 48.3 Å². The van der Waals surface area contributed by atoms with Crippen LogP contribution in [0.4, 0.5) is 5.69 Å². The van der Waals surface area contributed by atoms with Crippen LogP contribution in [0.5, 0.6) is 0 Å². The second kappa shape index (κ2) is 19.6. The van der Waals surface area contributed by atoms with Crippen LogP contribution in [-0.2, 0) is 20.7 Å². The molecule has 1 aromatic carbocycles. The molecule has 0 saturated carbocycles. The topological polar surface area (TPSA) is 111 Å². The maximum absolute atomic E-state index is 12.8. The number of benzene rings is 1. The van der Waals surface area contributed by atoms with Crippen molar-refractivity contribution in [3.8, 4) is 0 Å². The average molecular weight is 702 g/mol. The predicted molar refractivity (Wildman–Crippen MR) is 172 cm³/mol. The molecule has 8 nitrogen and oxygen atoms in total. The number of unbranched alkanes of at least 4 members (excludes halogenated alkanes) is 4. The molecule has 4 atom stereocenters. The summed E-state index contributed by atoms with van der Waals surface area (Å²) in [4.78, 5) is 23.9. The highest BCUT2D eigenvalue weighted by Gasteiger charge is 2.37. The Hall–Kier alpha value is -1.59. The number of esters is 1. The summed E-state index contributed by atoms with van der Waals surface area (Å²) < 4.78 is 12.0. The molecule has 1 aliphatic carbocycles. The molecule has 0 spiro atoms. The Kier molecular flexibility index (Phi) is 17.0. The fourth-order valence-corrected chi connectivity index (χ4v) is 5.84. The predicted octanol–water partition coefficient (Wildman–Crippen LogP) is 7.80. The minimum absolute atomic E-state index is 0.0395. The number of halogens is 2. The van der Waals surface area contributed by atoms with Gasteiger partial charge in [0.05, 0.1) is 13.2 Å². The second-order valence-electron chi connectivity index (χ2n) is 11.1. The Morgan fingerprint density at radius 3 is 2.39 bits per heavy atom. The zero-order valence-electron chi connectivity index (χ0n) is 24.3. The van der Waals surface area contributed by atoms with Gasteiger partial charge in [0.15, 0.2) is 6.29 Å². The summed E-state index contributed by atoms with van der Waals surface area (Å²) in [6, 6.07) is 7.37. The summed E-state index contributed by atoms with van der Waals surface area (Å²) in [6.45, 7) is 2.36. The van der Waals surface area contributed by atoms with E-state index < -0.39 is 11.7 Å². The van der Waals surface area contributed by atoms with Crippen molar-refractivity contribution < 1.29 is 19.4 Å². The van der Waals surface area contributed by atoms with E-state index in [0.717, 1.165) is 59.8 Å². The third-order valence-electron chi connectivity index (χ3n) is 7.50. The van der Waals surface area contributed by atoms with Crippen molar-refractivity contribution in [3.63, 3.8) is 0 Å². The van der Waals surface area contributed by atoms with Gasteiger partial charge in [0, 0.05) is 28.2 Å². The number of aliphatic hydroxyl groups excluding tert-OH is 1. The number of allylic oxidation sites excluding steroid dienone is 3. The van der Waals surface area contributed by atoms with Gasteiger partial charge < -0.3 is 24.9 Å². The van der Waals surface area contributed by atoms with E-state index in [4.69, 9.17) is 9.47 Å². The number of alkyl halides is 2. The van der Waals surface area contributed by atoms with Crippen LogP contribution in [0.1, 0.15) is 70.3 Å². The lowest BCUT2D eigenvalue weighted by Crippen LogP contribution is -2.40. The molecule has 41 heavy (non-hydrogen) atoms. The van der Waals surface area contributed by atoms with Crippen LogP contribution in [0.2, 0.25) is 0 Å². The number of nitrogens with zero attached hydrogens (tertiary/aromatic N) is 2. The number of aliphatic hydroxyl groups is 1. The number of hydrogen-bond acceptors (Lipinski definition) is 8. The Balaban J connectivity index is 2.30. The second-order valence-corrected chi connectivity index (χ2v) is 12.7. The van der Waals surface area contributed by atoms with Crippen molar-refractivity contribution in [1.82, 2.24) is 0 Å². The fraction of sp³-hybridized carbons (Fsp3) is 0.645. The van der Waals surface area contributed by atoms with Gasteiger partial charge in [-0.2, -0.15) is 0 Å². The molecule has 0 aliphatic heterocycles. The Morgan fingerprint density at radius 1 is 1.10 bits per heavy atom. The number of ether oxygens (including phenoxy) is 2. The Morgan fingerprint density at radius 2 is 1.78 bits per heavy atom. The van der Waals surface area contributed by atoms with E-state index in [9.17, 15) is 20.0 Å². The third-order valence-corrected chi connectivity index (χ3v) is 8.62. The molecule has 1 aliphatic rings. The maximum atomic E-state index is 12.8. The van der Waals surface area contributed by atoms with Gasteiger partial charge >= 0.3 is 5.97 Å². The van der Waals surface area contributed by atoms with Gasteiger partial charge in [-0.3, -0.25) is 4.79 Å². The van der Waals surface area contributed by atoms with Crippen molar-refractivity contribution in [2.75, 3.05) is 36.0 Å². The van der Waals surface area contributed by atoms with Gasteiger partial charge in [-0.1, -0.05) is 75.9 Å². The van der Waals surface area contributed by atoms with Gasteiger partial charge in [-0.05, 0) is 92.8 Å². The Bertz CT molecular complexity index is 972. The van der Waals surface area contributed by atoms with Gasteiger partial charge in [0.25, 0.3) is 0 Å². The molecule has 0 amide bonds. The van der Waals surface area contributed by atoms with Crippen molar-refractivity contribution in [2.24, 2.45) is 22.4 Å². The van der Waals surface area contributed by atoms with E-state index >= 15 is 0 Å². The molecule has 2 rings (SSSR count). The van der Waals surface area contributed by atoms with Crippen molar-refractivity contribution in [1.29, 1.82) is 0 Å². The quantitative estimate of drug-likeness (QED) is 0.0348. The van der Waals surface area contributed by atoms with Gasteiger partial charge in [0.1, 0.15) is 5.70 Å². The normalized spacial score (nSPS) is 18.8. The zero-order chi connectivity index (χ0) is 30.1. The van der Waals surface area contributed by atoms with Crippen LogP contribution in [0.3, 0.4) is 0 Å². The SMILES string of the molecule is CC1C=C(N=O)C=CC1CC(COC(=O)CCCCCBr)(COC(O)CCCCCBr)Cc1ccc(N(C)[O-])cc1. The highest BCUT2D eigenvalue weighted by molar-refractivity contribution is 9.09. The molecule has 4 unspecified atom stereocenters. The van der Waals surface area contributed by atoms with Crippen LogP contribution in [0.15, 0.2) is 53.4 Å². The molecule has 0 heterocycles. The lowest BCUT2D eigenvalue weighted by molar-refractivity contribution is -0.160. The highest BCUT2D eigenvalue weighted by atomic mass is 79.9. The molecule has 0 aromatic heterocycles. The summed E-state index contributed by atoms with van der Waals surface area (Å²) in [5.41, 5.74) is 1.27. The first kappa shape index (κ1) is 35.6.